The molecule has 3 amide bonds. The fraction of sp³-hybridized carbons (Fsp3) is 0.320. The maximum Gasteiger partial charge on any atom is 0.266 e. The van der Waals surface area contributed by atoms with E-state index < -0.39 is 17.9 Å². The highest BCUT2D eigenvalue weighted by molar-refractivity contribution is 6.24. The van der Waals surface area contributed by atoms with Crippen LogP contribution < -0.4 is 10.1 Å². The summed E-state index contributed by atoms with van der Waals surface area (Å²) < 4.78 is 6.09. The van der Waals surface area contributed by atoms with Crippen LogP contribution in [0.25, 0.3) is 0 Å². The number of fused-ring (bicyclic) bond motifs is 2. The van der Waals surface area contributed by atoms with Crippen LogP contribution in [-0.4, -0.2) is 35.3 Å². The van der Waals surface area contributed by atoms with Crippen LogP contribution in [0.1, 0.15) is 51.1 Å². The number of hydrogen-bond donors (Lipinski definition) is 1. The first kappa shape index (κ1) is 19.5. The lowest BCUT2D eigenvalue weighted by Crippen LogP contribution is -2.51. The Morgan fingerprint density at radius 2 is 1.77 bits per heavy atom. The predicted octanol–water partition coefficient (Wildman–Crippen LogP) is 3.26. The Balaban J connectivity index is 1.34. The van der Waals surface area contributed by atoms with Crippen molar-refractivity contribution in [3.63, 3.8) is 0 Å². The van der Waals surface area contributed by atoms with E-state index in [0.717, 1.165) is 24.2 Å². The van der Waals surface area contributed by atoms with E-state index in [1.807, 2.05) is 0 Å². The fourth-order valence-electron chi connectivity index (χ4n) is 4.81. The molecule has 0 bridgehead atoms. The van der Waals surface area contributed by atoms with E-state index in [-0.39, 0.29) is 11.5 Å². The number of piperidine rings is 1. The van der Waals surface area contributed by atoms with Crippen molar-refractivity contribution >= 4 is 17.7 Å². The third-order valence-corrected chi connectivity index (χ3v) is 6.47. The van der Waals surface area contributed by atoms with Gasteiger partial charge in [0.05, 0.1) is 17.7 Å². The summed E-state index contributed by atoms with van der Waals surface area (Å²) in [6.07, 6.45) is 3.90. The maximum absolute atomic E-state index is 13.2. The van der Waals surface area contributed by atoms with Gasteiger partial charge in [-0.25, -0.2) is 0 Å². The van der Waals surface area contributed by atoms with Gasteiger partial charge in [-0.15, -0.1) is 0 Å². The molecule has 0 saturated carbocycles. The number of nitrogens with zero attached hydrogens (tertiary/aromatic N) is 1. The van der Waals surface area contributed by atoms with Crippen molar-refractivity contribution in [1.29, 1.82) is 0 Å². The number of benzene rings is 2. The van der Waals surface area contributed by atoms with E-state index in [1.165, 1.54) is 11.1 Å². The number of rotatable bonds is 4. The Bertz CT molecular complexity index is 1110. The number of allylic oxidation sites excluding steroid dienone is 1. The van der Waals surface area contributed by atoms with Gasteiger partial charge in [0, 0.05) is 5.70 Å². The Morgan fingerprint density at radius 1 is 0.968 bits per heavy atom. The second kappa shape index (κ2) is 7.69. The van der Waals surface area contributed by atoms with Gasteiger partial charge in [-0.2, -0.15) is 0 Å². The molecule has 3 aliphatic rings. The molecule has 2 atom stereocenters. The van der Waals surface area contributed by atoms with Gasteiger partial charge in [-0.05, 0) is 61.3 Å². The largest absolute Gasteiger partial charge is 0.492 e. The van der Waals surface area contributed by atoms with Crippen LogP contribution in [0.5, 0.6) is 5.75 Å². The molecule has 0 aromatic heterocycles. The van der Waals surface area contributed by atoms with Crippen molar-refractivity contribution in [2.45, 2.75) is 38.1 Å². The lowest BCUT2D eigenvalue weighted by atomic mass is 9.84. The molecule has 158 valence electrons. The van der Waals surface area contributed by atoms with Crippen molar-refractivity contribution in [1.82, 2.24) is 10.2 Å². The molecule has 1 aliphatic carbocycles. The Morgan fingerprint density at radius 3 is 2.58 bits per heavy atom. The van der Waals surface area contributed by atoms with Crippen LogP contribution in [0.4, 0.5) is 0 Å². The summed E-state index contributed by atoms with van der Waals surface area (Å²) in [5.41, 5.74) is 3.91. The smallest absolute Gasteiger partial charge is 0.266 e. The number of hydrogen-bond acceptors (Lipinski definition) is 4. The summed E-state index contributed by atoms with van der Waals surface area (Å²) in [5, 5.41) is 2.65. The third kappa shape index (κ3) is 3.42. The number of aryl methyl sites for hydroxylation is 1. The van der Waals surface area contributed by atoms with Crippen LogP contribution in [-0.2, 0) is 17.6 Å². The molecule has 1 fully saturated rings. The number of imide groups is 1. The average molecular weight is 416 g/mol. The highest BCUT2D eigenvalue weighted by Crippen LogP contribution is 2.35. The van der Waals surface area contributed by atoms with E-state index in [9.17, 15) is 14.4 Å². The first-order valence-electron chi connectivity index (χ1n) is 10.7. The van der Waals surface area contributed by atoms with Gasteiger partial charge >= 0.3 is 0 Å². The molecule has 2 aromatic carbocycles. The summed E-state index contributed by atoms with van der Waals surface area (Å²) in [7, 11) is 0. The topological polar surface area (TPSA) is 75.7 Å². The van der Waals surface area contributed by atoms with Crippen molar-refractivity contribution in [2.24, 2.45) is 5.92 Å². The molecule has 1 saturated heterocycles. The number of ether oxygens (including phenoxy) is 1. The summed E-state index contributed by atoms with van der Waals surface area (Å²) in [5.74, 6) is -0.502. The van der Waals surface area contributed by atoms with E-state index >= 15 is 0 Å². The molecule has 6 nitrogen and oxygen atoms in total. The molecule has 5 rings (SSSR count). The lowest BCUT2D eigenvalue weighted by molar-refractivity contribution is -0.125. The highest BCUT2D eigenvalue weighted by Gasteiger charge is 2.45. The van der Waals surface area contributed by atoms with Gasteiger partial charge in [-0.1, -0.05) is 36.9 Å². The monoisotopic (exact) mass is 416 g/mol. The fourth-order valence-corrected chi connectivity index (χ4v) is 4.81. The number of amides is 3. The van der Waals surface area contributed by atoms with E-state index in [2.05, 4.69) is 36.2 Å². The SMILES string of the molecule is C=C1CCC(N2C(=O)c3cccc(OCC4CCc5ccccc5C4)c3C2=O)C(=O)N1. The minimum atomic E-state index is -0.819. The van der Waals surface area contributed by atoms with Crippen LogP contribution in [0.3, 0.4) is 0 Å². The molecule has 6 heteroatoms. The summed E-state index contributed by atoms with van der Waals surface area (Å²) >= 11 is 0. The zero-order valence-corrected chi connectivity index (χ0v) is 17.2. The van der Waals surface area contributed by atoms with Gasteiger partial charge in [0.15, 0.2) is 0 Å². The van der Waals surface area contributed by atoms with E-state index in [4.69, 9.17) is 4.74 Å². The van der Waals surface area contributed by atoms with Crippen molar-refractivity contribution in [3.05, 3.63) is 77.0 Å². The predicted molar refractivity (Wildman–Crippen MR) is 115 cm³/mol. The maximum atomic E-state index is 13.2. The summed E-state index contributed by atoms with van der Waals surface area (Å²) in [6, 6.07) is 12.7. The number of carbonyl (C=O) groups is 3. The van der Waals surface area contributed by atoms with Crippen LogP contribution in [0.2, 0.25) is 0 Å². The van der Waals surface area contributed by atoms with Gasteiger partial charge in [0.2, 0.25) is 5.91 Å². The lowest BCUT2D eigenvalue weighted by Gasteiger charge is -2.29. The summed E-state index contributed by atoms with van der Waals surface area (Å²) in [4.78, 5) is 39.6. The van der Waals surface area contributed by atoms with Gasteiger partial charge in [0.1, 0.15) is 11.8 Å². The number of nitrogens with one attached hydrogen (secondary N) is 1. The molecular formula is C25H24N2O4. The quantitative estimate of drug-likeness (QED) is 0.777. The van der Waals surface area contributed by atoms with Crippen molar-refractivity contribution < 1.29 is 19.1 Å². The van der Waals surface area contributed by atoms with Crippen LogP contribution in [0.15, 0.2) is 54.7 Å². The molecule has 2 heterocycles. The Labute approximate surface area is 180 Å². The van der Waals surface area contributed by atoms with Gasteiger partial charge in [-0.3, -0.25) is 19.3 Å². The first-order chi connectivity index (χ1) is 15.0. The molecular weight excluding hydrogens is 392 g/mol. The molecule has 2 aliphatic heterocycles. The summed E-state index contributed by atoms with van der Waals surface area (Å²) in [6.45, 7) is 4.24. The first-order valence-corrected chi connectivity index (χ1v) is 10.7. The number of carbonyl (C=O) groups excluding carboxylic acids is 3. The second-order valence-electron chi connectivity index (χ2n) is 8.49. The van der Waals surface area contributed by atoms with E-state index in [1.54, 1.807) is 18.2 Å². The zero-order chi connectivity index (χ0) is 21.5. The average Bonchev–Trinajstić information content (AvgIpc) is 3.03. The van der Waals surface area contributed by atoms with E-state index in [0.29, 0.717) is 42.4 Å². The van der Waals surface area contributed by atoms with Crippen molar-refractivity contribution in [2.75, 3.05) is 6.61 Å². The molecule has 2 aromatic rings. The normalized spacial score (nSPS) is 22.8. The third-order valence-electron chi connectivity index (χ3n) is 6.47. The Hall–Kier alpha value is -3.41. The van der Waals surface area contributed by atoms with Crippen LogP contribution in [0, 0.1) is 5.92 Å². The minimum Gasteiger partial charge on any atom is -0.492 e. The Kier molecular flexibility index (Phi) is 4.85. The second-order valence-corrected chi connectivity index (χ2v) is 8.49. The molecule has 31 heavy (non-hydrogen) atoms. The van der Waals surface area contributed by atoms with Crippen LogP contribution >= 0.6 is 0 Å². The molecule has 1 N–H and O–H groups in total. The van der Waals surface area contributed by atoms with Gasteiger partial charge in [0.25, 0.3) is 11.8 Å². The minimum absolute atomic E-state index is 0.265. The zero-order valence-electron chi connectivity index (χ0n) is 17.2. The van der Waals surface area contributed by atoms with Gasteiger partial charge < -0.3 is 10.1 Å². The highest BCUT2D eigenvalue weighted by atomic mass is 16.5. The molecule has 2 unspecified atom stereocenters. The standard InChI is InChI=1S/C25H24N2O4/c1-15-9-12-20(23(28)26-15)27-24(29)19-7-4-8-21(22(19)25(27)30)31-14-16-10-11-17-5-2-3-6-18(17)13-16/h2-8,16,20H,1,9-14H2,(H,26,28). The molecule has 0 radical (unpaired) electrons. The molecule has 0 spiro atoms. The van der Waals surface area contributed by atoms with Crippen molar-refractivity contribution in [3.8, 4) is 5.75 Å².